The zero-order chi connectivity index (χ0) is 11.6. The smallest absolute Gasteiger partial charge is 0.316 e. The van der Waals surface area contributed by atoms with Crippen LogP contribution in [0.25, 0.3) is 0 Å². The van der Waals surface area contributed by atoms with Gasteiger partial charge in [-0.15, -0.1) is 0 Å². The number of hydrogen-bond donors (Lipinski definition) is 1. The molecule has 1 rings (SSSR count). The van der Waals surface area contributed by atoms with E-state index in [1.54, 1.807) is 7.11 Å². The molecule has 0 unspecified atom stereocenters. The Kier molecular flexibility index (Phi) is 3.50. The fraction of sp³-hybridized carbons (Fsp3) is 0.636. The van der Waals surface area contributed by atoms with Crippen molar-refractivity contribution in [3.8, 4) is 6.01 Å². The van der Waals surface area contributed by atoms with Gasteiger partial charge in [-0.05, 0) is 11.8 Å². The maximum atomic E-state index is 6.03. The van der Waals surface area contributed by atoms with Gasteiger partial charge in [0.05, 0.1) is 24.2 Å². The highest BCUT2D eigenvalue weighted by molar-refractivity contribution is 5.50. The van der Waals surface area contributed by atoms with Crippen LogP contribution >= 0.6 is 0 Å². The lowest BCUT2D eigenvalue weighted by atomic mass is 10.0. The quantitative estimate of drug-likeness (QED) is 0.829. The van der Waals surface area contributed by atoms with Gasteiger partial charge < -0.3 is 10.5 Å². The van der Waals surface area contributed by atoms with Gasteiger partial charge in [-0.1, -0.05) is 27.7 Å². The monoisotopic (exact) mass is 209 g/mol. The van der Waals surface area contributed by atoms with Crippen molar-refractivity contribution in [3.63, 3.8) is 0 Å². The van der Waals surface area contributed by atoms with Gasteiger partial charge in [0, 0.05) is 0 Å². The van der Waals surface area contributed by atoms with E-state index in [2.05, 4.69) is 37.7 Å². The van der Waals surface area contributed by atoms with E-state index in [1.807, 2.05) is 0 Å². The Hall–Kier alpha value is -1.32. The van der Waals surface area contributed by atoms with E-state index in [0.717, 1.165) is 11.4 Å². The summed E-state index contributed by atoms with van der Waals surface area (Å²) in [6.07, 6.45) is 0. The minimum atomic E-state index is 0.277. The Bertz CT molecular complexity index is 319. The van der Waals surface area contributed by atoms with Crippen molar-refractivity contribution >= 4 is 5.69 Å². The summed E-state index contributed by atoms with van der Waals surface area (Å²) in [5, 5.41) is 0. The topological polar surface area (TPSA) is 61.0 Å². The van der Waals surface area contributed by atoms with Gasteiger partial charge in [-0.25, -0.2) is 0 Å². The Morgan fingerprint density at radius 3 is 1.67 bits per heavy atom. The molecule has 0 radical (unpaired) electrons. The number of rotatable bonds is 3. The normalized spacial score (nSPS) is 11.1. The number of ether oxygens (including phenoxy) is 1. The summed E-state index contributed by atoms with van der Waals surface area (Å²) in [4.78, 5) is 8.55. The van der Waals surface area contributed by atoms with Gasteiger partial charge in [-0.3, -0.25) is 0 Å². The maximum absolute atomic E-state index is 6.03. The first-order chi connectivity index (χ1) is 6.97. The molecule has 0 spiro atoms. The Balaban J connectivity index is 3.33. The molecule has 0 saturated heterocycles. The van der Waals surface area contributed by atoms with Crippen LogP contribution in [0.3, 0.4) is 0 Å². The molecular formula is C11H19N3O. The largest absolute Gasteiger partial charge is 0.467 e. The molecule has 84 valence electrons. The summed E-state index contributed by atoms with van der Waals surface area (Å²) in [5.41, 5.74) is 8.46. The molecule has 4 heteroatoms. The van der Waals surface area contributed by atoms with Crippen LogP contribution in [0.1, 0.15) is 50.9 Å². The number of anilines is 1. The molecule has 0 fully saturated rings. The molecule has 0 aliphatic heterocycles. The SMILES string of the molecule is COc1nc(C(C)C)c(N)c(C(C)C)n1. The van der Waals surface area contributed by atoms with Gasteiger partial charge in [0.2, 0.25) is 0 Å². The van der Waals surface area contributed by atoms with Crippen molar-refractivity contribution in [2.75, 3.05) is 12.8 Å². The Morgan fingerprint density at radius 1 is 1.00 bits per heavy atom. The third-order valence-electron chi connectivity index (χ3n) is 2.26. The van der Waals surface area contributed by atoms with E-state index < -0.39 is 0 Å². The third kappa shape index (κ3) is 2.37. The predicted molar refractivity (Wildman–Crippen MR) is 61.2 cm³/mol. The molecule has 1 aromatic rings. The summed E-state index contributed by atoms with van der Waals surface area (Å²) in [5.74, 6) is 0.554. The summed E-state index contributed by atoms with van der Waals surface area (Å²) in [6.45, 7) is 8.23. The summed E-state index contributed by atoms with van der Waals surface area (Å²) in [7, 11) is 1.57. The molecule has 0 bridgehead atoms. The Labute approximate surface area is 90.9 Å². The maximum Gasteiger partial charge on any atom is 0.316 e. The second kappa shape index (κ2) is 4.47. The lowest BCUT2D eigenvalue weighted by Gasteiger charge is -2.15. The average Bonchev–Trinajstić information content (AvgIpc) is 2.17. The van der Waals surface area contributed by atoms with Crippen molar-refractivity contribution in [1.29, 1.82) is 0 Å². The fourth-order valence-electron chi connectivity index (χ4n) is 1.45. The first kappa shape index (κ1) is 11.8. The fourth-order valence-corrected chi connectivity index (χ4v) is 1.45. The molecular weight excluding hydrogens is 190 g/mol. The number of nitrogens with two attached hydrogens (primary N) is 1. The van der Waals surface area contributed by atoms with E-state index in [9.17, 15) is 0 Å². The van der Waals surface area contributed by atoms with Gasteiger partial charge in [-0.2, -0.15) is 9.97 Å². The van der Waals surface area contributed by atoms with E-state index in [4.69, 9.17) is 10.5 Å². The van der Waals surface area contributed by atoms with Crippen molar-refractivity contribution in [3.05, 3.63) is 11.4 Å². The van der Waals surface area contributed by atoms with Crippen LogP contribution in [-0.2, 0) is 0 Å². The van der Waals surface area contributed by atoms with Gasteiger partial charge in [0.25, 0.3) is 0 Å². The highest BCUT2D eigenvalue weighted by Crippen LogP contribution is 2.28. The highest BCUT2D eigenvalue weighted by atomic mass is 16.5. The second-order valence-electron chi connectivity index (χ2n) is 4.20. The van der Waals surface area contributed by atoms with Crippen LogP contribution in [0.5, 0.6) is 6.01 Å². The molecule has 0 atom stereocenters. The molecule has 1 aromatic heterocycles. The Morgan fingerprint density at radius 2 is 1.40 bits per heavy atom. The third-order valence-corrected chi connectivity index (χ3v) is 2.26. The van der Waals surface area contributed by atoms with E-state index >= 15 is 0 Å². The molecule has 0 aliphatic rings. The lowest BCUT2D eigenvalue weighted by molar-refractivity contribution is 0.375. The molecule has 0 aromatic carbocycles. The number of aromatic nitrogens is 2. The van der Waals surface area contributed by atoms with Crippen LogP contribution in [-0.4, -0.2) is 17.1 Å². The van der Waals surface area contributed by atoms with E-state index in [1.165, 1.54) is 0 Å². The molecule has 0 aliphatic carbocycles. The first-order valence-corrected chi connectivity index (χ1v) is 5.18. The summed E-state index contributed by atoms with van der Waals surface area (Å²) in [6, 6.07) is 0.400. The molecule has 0 amide bonds. The molecule has 15 heavy (non-hydrogen) atoms. The highest BCUT2D eigenvalue weighted by Gasteiger charge is 2.16. The van der Waals surface area contributed by atoms with Crippen molar-refractivity contribution in [2.45, 2.75) is 39.5 Å². The minimum Gasteiger partial charge on any atom is -0.467 e. The molecule has 1 heterocycles. The second-order valence-corrected chi connectivity index (χ2v) is 4.20. The van der Waals surface area contributed by atoms with Crippen molar-refractivity contribution < 1.29 is 4.74 Å². The van der Waals surface area contributed by atoms with Crippen LogP contribution in [0.2, 0.25) is 0 Å². The van der Waals surface area contributed by atoms with Gasteiger partial charge >= 0.3 is 6.01 Å². The number of methoxy groups -OCH3 is 1. The van der Waals surface area contributed by atoms with E-state index in [-0.39, 0.29) is 11.8 Å². The van der Waals surface area contributed by atoms with E-state index in [0.29, 0.717) is 11.7 Å². The zero-order valence-corrected chi connectivity index (χ0v) is 10.0. The van der Waals surface area contributed by atoms with Crippen molar-refractivity contribution in [1.82, 2.24) is 9.97 Å². The minimum absolute atomic E-state index is 0.277. The zero-order valence-electron chi connectivity index (χ0n) is 10.0. The van der Waals surface area contributed by atoms with Crippen LogP contribution in [0.15, 0.2) is 0 Å². The summed E-state index contributed by atoms with van der Waals surface area (Å²) >= 11 is 0. The predicted octanol–water partition coefficient (Wildman–Crippen LogP) is 2.31. The number of nitrogens with zero attached hydrogens (tertiary/aromatic N) is 2. The first-order valence-electron chi connectivity index (χ1n) is 5.18. The van der Waals surface area contributed by atoms with Gasteiger partial charge in [0.1, 0.15) is 0 Å². The van der Waals surface area contributed by atoms with Crippen LogP contribution in [0, 0.1) is 0 Å². The standard InChI is InChI=1S/C11H19N3O/c1-6(2)9-8(12)10(7(3)4)14-11(13-9)15-5/h6-7H,12H2,1-5H3. The van der Waals surface area contributed by atoms with Crippen LogP contribution in [0.4, 0.5) is 5.69 Å². The summed E-state index contributed by atoms with van der Waals surface area (Å²) < 4.78 is 5.07. The lowest BCUT2D eigenvalue weighted by Crippen LogP contribution is -2.09. The van der Waals surface area contributed by atoms with Crippen molar-refractivity contribution in [2.24, 2.45) is 0 Å². The number of hydrogen-bond acceptors (Lipinski definition) is 4. The molecule has 0 saturated carbocycles. The number of nitrogen functional groups attached to an aromatic ring is 1. The van der Waals surface area contributed by atoms with Gasteiger partial charge in [0.15, 0.2) is 0 Å². The molecule has 4 nitrogen and oxygen atoms in total. The average molecular weight is 209 g/mol. The van der Waals surface area contributed by atoms with Crippen LogP contribution < -0.4 is 10.5 Å². The molecule has 2 N–H and O–H groups in total.